The molecule has 0 saturated carbocycles. The predicted octanol–water partition coefficient (Wildman–Crippen LogP) is 2.05. The van der Waals surface area contributed by atoms with Crippen molar-refractivity contribution in [3.05, 3.63) is 47.8 Å². The molecule has 1 heterocycles. The number of anilines is 2. The van der Waals surface area contributed by atoms with Crippen LogP contribution >= 0.6 is 0 Å². The smallest absolute Gasteiger partial charge is 0.229 e. The average molecular weight is 242 g/mol. The van der Waals surface area contributed by atoms with E-state index in [-0.39, 0.29) is 0 Å². The quantitative estimate of drug-likeness (QED) is 0.891. The van der Waals surface area contributed by atoms with E-state index in [1.165, 1.54) is 5.56 Å². The maximum absolute atomic E-state index is 5.50. The second kappa shape index (κ2) is 5.60. The molecule has 2 aromatic rings. The van der Waals surface area contributed by atoms with E-state index in [9.17, 15) is 0 Å². The molecule has 4 nitrogen and oxygen atoms in total. The Labute approximate surface area is 107 Å². The van der Waals surface area contributed by atoms with E-state index < -0.39 is 0 Å². The number of aryl methyl sites for hydroxylation is 1. The van der Waals surface area contributed by atoms with Crippen LogP contribution in [0, 0.1) is 6.92 Å². The molecule has 0 aliphatic carbocycles. The van der Waals surface area contributed by atoms with E-state index in [0.29, 0.717) is 12.5 Å². The van der Waals surface area contributed by atoms with Gasteiger partial charge in [-0.05, 0) is 37.1 Å². The van der Waals surface area contributed by atoms with Gasteiger partial charge in [0.25, 0.3) is 0 Å². The maximum atomic E-state index is 5.50. The lowest BCUT2D eigenvalue weighted by atomic mass is 10.2. The van der Waals surface area contributed by atoms with Gasteiger partial charge >= 0.3 is 0 Å². The molecule has 18 heavy (non-hydrogen) atoms. The van der Waals surface area contributed by atoms with Gasteiger partial charge in [0.1, 0.15) is 0 Å². The van der Waals surface area contributed by atoms with E-state index in [1.54, 1.807) is 0 Å². The van der Waals surface area contributed by atoms with Crippen molar-refractivity contribution in [2.45, 2.75) is 13.3 Å². The lowest BCUT2D eigenvalue weighted by Gasteiger charge is -2.19. The van der Waals surface area contributed by atoms with E-state index in [0.717, 1.165) is 17.7 Å². The summed E-state index contributed by atoms with van der Waals surface area (Å²) < 4.78 is 0. The second-order valence-corrected chi connectivity index (χ2v) is 4.28. The van der Waals surface area contributed by atoms with E-state index >= 15 is 0 Å². The van der Waals surface area contributed by atoms with Gasteiger partial charge in [0.05, 0.1) is 0 Å². The third kappa shape index (κ3) is 2.65. The van der Waals surface area contributed by atoms with Crippen molar-refractivity contribution in [3.8, 4) is 0 Å². The third-order valence-electron chi connectivity index (χ3n) is 2.90. The topological polar surface area (TPSA) is 55.0 Å². The fraction of sp³-hybridized carbons (Fsp3) is 0.286. The van der Waals surface area contributed by atoms with Crippen molar-refractivity contribution in [3.63, 3.8) is 0 Å². The van der Waals surface area contributed by atoms with E-state index in [4.69, 9.17) is 5.73 Å². The Hall–Kier alpha value is -1.94. The summed E-state index contributed by atoms with van der Waals surface area (Å²) in [6.07, 6.45) is 4.49. The van der Waals surface area contributed by atoms with Crippen LogP contribution in [0.15, 0.2) is 36.7 Å². The molecule has 0 radical (unpaired) electrons. The van der Waals surface area contributed by atoms with Crippen LogP contribution in [-0.4, -0.2) is 23.6 Å². The van der Waals surface area contributed by atoms with Crippen LogP contribution in [0.1, 0.15) is 11.1 Å². The van der Waals surface area contributed by atoms with Gasteiger partial charge in [0.15, 0.2) is 0 Å². The molecular formula is C14H18N4. The van der Waals surface area contributed by atoms with Crippen molar-refractivity contribution in [2.24, 2.45) is 5.73 Å². The first-order valence-electron chi connectivity index (χ1n) is 6.02. The maximum Gasteiger partial charge on any atom is 0.229 e. The molecule has 2 rings (SSSR count). The van der Waals surface area contributed by atoms with Crippen LogP contribution < -0.4 is 10.6 Å². The number of rotatable bonds is 4. The Morgan fingerprint density at radius 3 is 2.44 bits per heavy atom. The van der Waals surface area contributed by atoms with Gasteiger partial charge in [-0.3, -0.25) is 0 Å². The van der Waals surface area contributed by atoms with Gasteiger partial charge in [-0.25, -0.2) is 9.97 Å². The fourth-order valence-corrected chi connectivity index (χ4v) is 1.86. The van der Waals surface area contributed by atoms with Gasteiger partial charge in [-0.15, -0.1) is 0 Å². The highest BCUT2D eigenvalue weighted by Crippen LogP contribution is 2.23. The summed E-state index contributed by atoms with van der Waals surface area (Å²) in [5.41, 5.74) is 8.89. The SMILES string of the molecule is Cc1ccccc1N(C)c1ncc(CCN)cn1. The van der Waals surface area contributed by atoms with Crippen LogP contribution in [0.25, 0.3) is 0 Å². The molecule has 1 aromatic heterocycles. The minimum Gasteiger partial charge on any atom is -0.330 e. The third-order valence-corrected chi connectivity index (χ3v) is 2.90. The largest absolute Gasteiger partial charge is 0.330 e. The molecule has 94 valence electrons. The van der Waals surface area contributed by atoms with Crippen molar-refractivity contribution in [1.82, 2.24) is 9.97 Å². The van der Waals surface area contributed by atoms with E-state index in [1.807, 2.05) is 36.5 Å². The molecular weight excluding hydrogens is 224 g/mol. The van der Waals surface area contributed by atoms with Crippen molar-refractivity contribution >= 4 is 11.6 Å². The molecule has 0 aliphatic heterocycles. The zero-order valence-electron chi connectivity index (χ0n) is 10.8. The minimum atomic E-state index is 0.621. The average Bonchev–Trinajstić information content (AvgIpc) is 2.40. The Morgan fingerprint density at radius 1 is 1.17 bits per heavy atom. The number of hydrogen-bond acceptors (Lipinski definition) is 4. The number of nitrogens with two attached hydrogens (primary N) is 1. The first-order chi connectivity index (χ1) is 8.72. The molecule has 0 fully saturated rings. The van der Waals surface area contributed by atoms with Gasteiger partial charge < -0.3 is 10.6 Å². The summed E-state index contributed by atoms with van der Waals surface area (Å²) >= 11 is 0. The molecule has 0 atom stereocenters. The van der Waals surface area contributed by atoms with Gasteiger partial charge in [-0.1, -0.05) is 18.2 Å². The Balaban J connectivity index is 2.23. The zero-order chi connectivity index (χ0) is 13.0. The molecule has 0 spiro atoms. The molecule has 0 amide bonds. The molecule has 0 bridgehead atoms. The van der Waals surface area contributed by atoms with Crippen LogP contribution in [-0.2, 0) is 6.42 Å². The summed E-state index contributed by atoms with van der Waals surface area (Å²) in [4.78, 5) is 10.7. The lowest BCUT2D eigenvalue weighted by molar-refractivity contribution is 0.930. The normalized spacial score (nSPS) is 10.4. The summed E-state index contributed by atoms with van der Waals surface area (Å²) in [5.74, 6) is 0.699. The summed E-state index contributed by atoms with van der Waals surface area (Å²) in [6.45, 7) is 2.70. The van der Waals surface area contributed by atoms with Crippen LogP contribution in [0.5, 0.6) is 0 Å². The molecule has 4 heteroatoms. The fourth-order valence-electron chi connectivity index (χ4n) is 1.86. The van der Waals surface area contributed by atoms with Gasteiger partial charge in [-0.2, -0.15) is 0 Å². The Bertz CT molecular complexity index is 507. The number of hydrogen-bond donors (Lipinski definition) is 1. The molecule has 2 N–H and O–H groups in total. The standard InChI is InChI=1S/C14H18N4/c1-11-5-3-4-6-13(11)18(2)14-16-9-12(7-8-15)10-17-14/h3-6,9-10H,7-8,15H2,1-2H3. The second-order valence-electron chi connectivity index (χ2n) is 4.28. The van der Waals surface area contributed by atoms with Crippen LogP contribution in [0.2, 0.25) is 0 Å². The van der Waals surface area contributed by atoms with E-state index in [2.05, 4.69) is 29.0 Å². The molecule has 0 saturated heterocycles. The Morgan fingerprint density at radius 2 is 1.83 bits per heavy atom. The first kappa shape index (κ1) is 12.5. The molecule has 1 aromatic carbocycles. The lowest BCUT2D eigenvalue weighted by Crippen LogP contribution is -2.14. The molecule has 0 unspecified atom stereocenters. The van der Waals surface area contributed by atoms with Gasteiger partial charge in [0, 0.05) is 25.1 Å². The highest BCUT2D eigenvalue weighted by atomic mass is 15.2. The number of aromatic nitrogens is 2. The predicted molar refractivity (Wildman–Crippen MR) is 74.0 cm³/mol. The molecule has 0 aliphatic rings. The van der Waals surface area contributed by atoms with Crippen LogP contribution in [0.3, 0.4) is 0 Å². The monoisotopic (exact) mass is 242 g/mol. The summed E-state index contributed by atoms with van der Waals surface area (Å²) in [6, 6.07) is 8.18. The summed E-state index contributed by atoms with van der Waals surface area (Å²) in [7, 11) is 1.97. The summed E-state index contributed by atoms with van der Waals surface area (Å²) in [5, 5.41) is 0. The Kier molecular flexibility index (Phi) is 3.89. The zero-order valence-corrected chi connectivity index (χ0v) is 10.8. The first-order valence-corrected chi connectivity index (χ1v) is 6.02. The minimum absolute atomic E-state index is 0.621. The van der Waals surface area contributed by atoms with Gasteiger partial charge in [0.2, 0.25) is 5.95 Å². The van der Waals surface area contributed by atoms with Crippen molar-refractivity contribution < 1.29 is 0 Å². The number of benzene rings is 1. The number of para-hydroxylation sites is 1. The highest BCUT2D eigenvalue weighted by molar-refractivity contribution is 5.60. The van der Waals surface area contributed by atoms with Crippen molar-refractivity contribution in [2.75, 3.05) is 18.5 Å². The number of nitrogens with zero attached hydrogens (tertiary/aromatic N) is 3. The van der Waals surface area contributed by atoms with Crippen LogP contribution in [0.4, 0.5) is 11.6 Å². The van der Waals surface area contributed by atoms with Crippen molar-refractivity contribution in [1.29, 1.82) is 0 Å². The highest BCUT2D eigenvalue weighted by Gasteiger charge is 2.08.